The number of carbonyl (C=O) groups excluding carboxylic acids is 1. The molecule has 192 valence electrons. The van der Waals surface area contributed by atoms with Crippen LogP contribution >= 0.6 is 11.6 Å². The second-order valence-electron chi connectivity index (χ2n) is 7.80. The highest BCUT2D eigenvalue weighted by Gasteiger charge is 2.29. The number of ether oxygens (including phenoxy) is 3. The summed E-state index contributed by atoms with van der Waals surface area (Å²) in [5.74, 6) is 0.893. The van der Waals surface area contributed by atoms with Gasteiger partial charge in [0.15, 0.2) is 11.5 Å². The Labute approximate surface area is 216 Å². The zero-order valence-corrected chi connectivity index (χ0v) is 22.1. The van der Waals surface area contributed by atoms with Gasteiger partial charge in [0.25, 0.3) is 10.0 Å². The van der Waals surface area contributed by atoms with Gasteiger partial charge in [-0.3, -0.25) is 9.10 Å². The summed E-state index contributed by atoms with van der Waals surface area (Å²) in [5.41, 5.74) is 1.14. The van der Waals surface area contributed by atoms with Gasteiger partial charge in [0, 0.05) is 11.1 Å². The summed E-state index contributed by atoms with van der Waals surface area (Å²) in [7, 11) is -1.28. The van der Waals surface area contributed by atoms with E-state index >= 15 is 0 Å². The number of nitrogens with zero attached hydrogens (tertiary/aromatic N) is 1. The molecule has 1 N–H and O–H groups in total. The van der Waals surface area contributed by atoms with E-state index in [9.17, 15) is 13.2 Å². The molecule has 10 heteroatoms. The number of benzene rings is 3. The standard InChI is InChI=1S/C26H29ClN2O6S/c1-5-35-22-12-6-19(7-13-22)18(2)28-26(30)17-29(21-10-8-20(27)9-11-21)36(31,32)23-14-15-24(33-3)25(16-23)34-4/h6-16,18H,5,17H2,1-4H3,(H,28,30)/t18-/m0/s1. The van der Waals surface area contributed by atoms with Gasteiger partial charge in [0.2, 0.25) is 5.91 Å². The number of halogens is 1. The second-order valence-corrected chi connectivity index (χ2v) is 10.1. The van der Waals surface area contributed by atoms with Crippen LogP contribution in [-0.2, 0) is 14.8 Å². The molecule has 0 heterocycles. The van der Waals surface area contributed by atoms with E-state index in [1.807, 2.05) is 38.1 Å². The lowest BCUT2D eigenvalue weighted by atomic mass is 10.1. The molecular formula is C26H29ClN2O6S. The fourth-order valence-electron chi connectivity index (χ4n) is 3.55. The predicted molar refractivity (Wildman–Crippen MR) is 140 cm³/mol. The Hall–Kier alpha value is -3.43. The molecule has 0 bridgehead atoms. The number of hydrogen-bond donors (Lipinski definition) is 1. The molecule has 3 aromatic carbocycles. The Morgan fingerprint density at radius 1 is 0.972 bits per heavy atom. The van der Waals surface area contributed by atoms with Crippen molar-refractivity contribution < 1.29 is 27.4 Å². The lowest BCUT2D eigenvalue weighted by Gasteiger charge is -2.25. The molecule has 0 radical (unpaired) electrons. The van der Waals surface area contributed by atoms with Crippen LogP contribution in [0.4, 0.5) is 5.69 Å². The van der Waals surface area contributed by atoms with E-state index in [0.29, 0.717) is 17.4 Å². The van der Waals surface area contributed by atoms with Crippen LogP contribution in [-0.4, -0.2) is 41.7 Å². The van der Waals surface area contributed by atoms with Crippen molar-refractivity contribution >= 4 is 33.2 Å². The summed E-state index contributed by atoms with van der Waals surface area (Å²) in [5, 5.41) is 3.31. The molecule has 0 unspecified atom stereocenters. The Morgan fingerprint density at radius 2 is 1.61 bits per heavy atom. The van der Waals surface area contributed by atoms with Gasteiger partial charge >= 0.3 is 0 Å². The van der Waals surface area contributed by atoms with Crippen molar-refractivity contribution in [2.24, 2.45) is 0 Å². The van der Waals surface area contributed by atoms with E-state index in [-0.39, 0.29) is 22.4 Å². The molecule has 1 atom stereocenters. The summed E-state index contributed by atoms with van der Waals surface area (Å²) in [6.07, 6.45) is 0. The lowest BCUT2D eigenvalue weighted by Crippen LogP contribution is -2.41. The van der Waals surface area contributed by atoms with Crippen molar-refractivity contribution in [1.29, 1.82) is 0 Å². The van der Waals surface area contributed by atoms with Gasteiger partial charge in [0.1, 0.15) is 12.3 Å². The van der Waals surface area contributed by atoms with Crippen LogP contribution in [0.25, 0.3) is 0 Å². The first-order valence-electron chi connectivity index (χ1n) is 11.2. The smallest absolute Gasteiger partial charge is 0.264 e. The number of carbonyl (C=O) groups is 1. The molecule has 0 aliphatic heterocycles. The van der Waals surface area contributed by atoms with Crippen molar-refractivity contribution in [3.63, 3.8) is 0 Å². The SMILES string of the molecule is CCOc1ccc([C@H](C)NC(=O)CN(c2ccc(Cl)cc2)S(=O)(=O)c2ccc(OC)c(OC)c2)cc1. The van der Waals surface area contributed by atoms with Gasteiger partial charge in [0.05, 0.1) is 37.5 Å². The highest BCUT2D eigenvalue weighted by molar-refractivity contribution is 7.92. The molecule has 0 spiro atoms. The summed E-state index contributed by atoms with van der Waals surface area (Å²) >= 11 is 6.01. The molecule has 1 amide bonds. The Morgan fingerprint density at radius 3 is 2.19 bits per heavy atom. The minimum atomic E-state index is -4.15. The molecule has 0 aliphatic rings. The zero-order chi connectivity index (χ0) is 26.3. The summed E-state index contributed by atoms with van der Waals surface area (Å²) in [6, 6.07) is 17.5. The monoisotopic (exact) mass is 532 g/mol. The molecular weight excluding hydrogens is 504 g/mol. The first-order chi connectivity index (χ1) is 17.2. The molecule has 36 heavy (non-hydrogen) atoms. The highest BCUT2D eigenvalue weighted by Crippen LogP contribution is 2.32. The normalized spacial score (nSPS) is 11.9. The van der Waals surface area contributed by atoms with Crippen molar-refractivity contribution in [2.75, 3.05) is 31.7 Å². The highest BCUT2D eigenvalue weighted by atomic mass is 35.5. The maximum atomic E-state index is 13.7. The zero-order valence-electron chi connectivity index (χ0n) is 20.5. The van der Waals surface area contributed by atoms with Gasteiger partial charge < -0.3 is 19.5 Å². The van der Waals surface area contributed by atoms with E-state index in [1.165, 1.54) is 32.4 Å². The van der Waals surface area contributed by atoms with Crippen molar-refractivity contribution in [3.05, 3.63) is 77.3 Å². The van der Waals surface area contributed by atoms with Crippen LogP contribution in [0, 0.1) is 0 Å². The summed E-state index contributed by atoms with van der Waals surface area (Å²) < 4.78 is 44.3. The minimum absolute atomic E-state index is 0.0533. The summed E-state index contributed by atoms with van der Waals surface area (Å²) in [6.45, 7) is 3.84. The third-order valence-corrected chi connectivity index (χ3v) is 7.44. The van der Waals surface area contributed by atoms with Crippen LogP contribution in [0.2, 0.25) is 5.02 Å². The predicted octanol–water partition coefficient (Wildman–Crippen LogP) is 4.83. The van der Waals surface area contributed by atoms with E-state index in [4.69, 9.17) is 25.8 Å². The molecule has 0 fully saturated rings. The first kappa shape index (κ1) is 27.2. The Balaban J connectivity index is 1.88. The second kappa shape index (κ2) is 12.0. The first-order valence-corrected chi connectivity index (χ1v) is 13.0. The van der Waals surface area contributed by atoms with E-state index in [1.54, 1.807) is 24.3 Å². The minimum Gasteiger partial charge on any atom is -0.494 e. The van der Waals surface area contributed by atoms with Gasteiger partial charge in [-0.1, -0.05) is 23.7 Å². The molecule has 8 nitrogen and oxygen atoms in total. The lowest BCUT2D eigenvalue weighted by molar-refractivity contribution is -0.120. The number of amides is 1. The quantitative estimate of drug-likeness (QED) is 0.380. The number of nitrogens with one attached hydrogen (secondary N) is 1. The molecule has 0 saturated heterocycles. The fourth-order valence-corrected chi connectivity index (χ4v) is 5.11. The Kier molecular flexibility index (Phi) is 9.06. The largest absolute Gasteiger partial charge is 0.494 e. The number of sulfonamides is 1. The molecule has 0 aliphatic carbocycles. The van der Waals surface area contributed by atoms with Crippen LogP contribution in [0.1, 0.15) is 25.5 Å². The number of anilines is 1. The molecule has 3 aromatic rings. The molecule has 0 saturated carbocycles. The number of methoxy groups -OCH3 is 2. The Bertz CT molecular complexity index is 1280. The maximum absolute atomic E-state index is 13.7. The maximum Gasteiger partial charge on any atom is 0.264 e. The third kappa shape index (κ3) is 6.41. The van der Waals surface area contributed by atoms with Crippen LogP contribution in [0.15, 0.2) is 71.6 Å². The van der Waals surface area contributed by atoms with E-state index in [2.05, 4.69) is 5.32 Å². The van der Waals surface area contributed by atoms with Crippen LogP contribution < -0.4 is 23.8 Å². The van der Waals surface area contributed by atoms with Crippen LogP contribution in [0.3, 0.4) is 0 Å². The fraction of sp³-hybridized carbons (Fsp3) is 0.269. The van der Waals surface area contributed by atoms with Crippen molar-refractivity contribution in [2.45, 2.75) is 24.8 Å². The van der Waals surface area contributed by atoms with E-state index < -0.39 is 22.5 Å². The number of rotatable bonds is 11. The van der Waals surface area contributed by atoms with Gasteiger partial charge in [-0.15, -0.1) is 0 Å². The third-order valence-electron chi connectivity index (χ3n) is 5.41. The van der Waals surface area contributed by atoms with Crippen LogP contribution in [0.5, 0.6) is 17.2 Å². The van der Waals surface area contributed by atoms with Crippen molar-refractivity contribution in [3.8, 4) is 17.2 Å². The average Bonchev–Trinajstić information content (AvgIpc) is 2.88. The van der Waals surface area contributed by atoms with Gasteiger partial charge in [-0.2, -0.15) is 0 Å². The van der Waals surface area contributed by atoms with Gasteiger partial charge in [-0.05, 0) is 67.9 Å². The molecule has 3 rings (SSSR count). The topological polar surface area (TPSA) is 94.2 Å². The van der Waals surface area contributed by atoms with E-state index in [0.717, 1.165) is 15.6 Å². The summed E-state index contributed by atoms with van der Waals surface area (Å²) in [4.78, 5) is 13.0. The van der Waals surface area contributed by atoms with Crippen molar-refractivity contribution in [1.82, 2.24) is 5.32 Å². The number of hydrogen-bond acceptors (Lipinski definition) is 6. The average molecular weight is 533 g/mol. The van der Waals surface area contributed by atoms with Gasteiger partial charge in [-0.25, -0.2) is 8.42 Å². The molecule has 0 aromatic heterocycles.